The Morgan fingerprint density at radius 2 is 2.20 bits per heavy atom. The standard InChI is InChI=1S/C15H20N2O3/c1-10-4-3-5-12(11(10)2)9-17-7-6-16-15(20)13(17)8-14(18)19/h3-5,13H,6-9H2,1-2H3,(H,16,20)(H,18,19). The molecule has 5 heteroatoms. The van der Waals surface area contributed by atoms with E-state index in [9.17, 15) is 9.59 Å². The largest absolute Gasteiger partial charge is 0.481 e. The Kier molecular flexibility index (Phi) is 4.39. The quantitative estimate of drug-likeness (QED) is 0.863. The summed E-state index contributed by atoms with van der Waals surface area (Å²) >= 11 is 0. The lowest BCUT2D eigenvalue weighted by Crippen LogP contribution is -2.55. The summed E-state index contributed by atoms with van der Waals surface area (Å²) in [5.74, 6) is -1.14. The molecule has 5 nitrogen and oxygen atoms in total. The molecular formula is C15H20N2O3. The summed E-state index contributed by atoms with van der Waals surface area (Å²) in [6.07, 6.45) is -0.156. The number of hydrogen-bond donors (Lipinski definition) is 2. The van der Waals surface area contributed by atoms with Gasteiger partial charge < -0.3 is 10.4 Å². The monoisotopic (exact) mass is 276 g/mol. The molecule has 0 aliphatic carbocycles. The lowest BCUT2D eigenvalue weighted by atomic mass is 10.0. The number of hydrogen-bond acceptors (Lipinski definition) is 3. The van der Waals surface area contributed by atoms with E-state index in [0.29, 0.717) is 19.6 Å². The maximum atomic E-state index is 11.9. The number of piperazine rings is 1. The first-order chi connectivity index (χ1) is 9.49. The number of nitrogens with one attached hydrogen (secondary N) is 1. The van der Waals surface area contributed by atoms with Crippen molar-refractivity contribution in [2.45, 2.75) is 32.9 Å². The zero-order chi connectivity index (χ0) is 14.7. The number of carbonyl (C=O) groups is 2. The molecule has 0 spiro atoms. The predicted molar refractivity (Wildman–Crippen MR) is 75.4 cm³/mol. The molecule has 2 rings (SSSR count). The van der Waals surface area contributed by atoms with Crippen molar-refractivity contribution in [3.05, 3.63) is 34.9 Å². The Labute approximate surface area is 118 Å². The van der Waals surface area contributed by atoms with Crippen LogP contribution in [-0.2, 0) is 16.1 Å². The maximum absolute atomic E-state index is 11.9. The Bertz CT molecular complexity index is 528. The molecule has 20 heavy (non-hydrogen) atoms. The van der Waals surface area contributed by atoms with Crippen LogP contribution < -0.4 is 5.32 Å². The van der Waals surface area contributed by atoms with Gasteiger partial charge in [0.1, 0.15) is 6.04 Å². The fourth-order valence-electron chi connectivity index (χ4n) is 2.54. The van der Waals surface area contributed by atoms with Crippen LogP contribution in [0, 0.1) is 13.8 Å². The van der Waals surface area contributed by atoms with Crippen molar-refractivity contribution in [1.82, 2.24) is 10.2 Å². The maximum Gasteiger partial charge on any atom is 0.305 e. The first-order valence-electron chi connectivity index (χ1n) is 6.77. The van der Waals surface area contributed by atoms with Gasteiger partial charge in [-0.2, -0.15) is 0 Å². The Morgan fingerprint density at radius 3 is 2.90 bits per heavy atom. The first-order valence-corrected chi connectivity index (χ1v) is 6.77. The minimum absolute atomic E-state index is 0.156. The smallest absolute Gasteiger partial charge is 0.305 e. The molecular weight excluding hydrogens is 256 g/mol. The molecule has 1 atom stereocenters. The van der Waals surface area contributed by atoms with Crippen LogP contribution in [0.1, 0.15) is 23.1 Å². The highest BCUT2D eigenvalue weighted by molar-refractivity contribution is 5.86. The van der Waals surface area contributed by atoms with E-state index in [4.69, 9.17) is 5.11 Å². The SMILES string of the molecule is Cc1cccc(CN2CCNC(=O)C2CC(=O)O)c1C. The third kappa shape index (κ3) is 3.17. The summed E-state index contributed by atoms with van der Waals surface area (Å²) in [4.78, 5) is 24.7. The predicted octanol–water partition coefficient (Wildman–Crippen LogP) is 1.08. The van der Waals surface area contributed by atoms with E-state index in [0.717, 1.165) is 5.56 Å². The van der Waals surface area contributed by atoms with Crippen LogP contribution in [0.4, 0.5) is 0 Å². The van der Waals surface area contributed by atoms with Gasteiger partial charge in [0.25, 0.3) is 0 Å². The second-order valence-electron chi connectivity index (χ2n) is 5.23. The molecule has 1 aromatic rings. The van der Waals surface area contributed by atoms with Crippen LogP contribution in [-0.4, -0.2) is 41.0 Å². The molecule has 1 amide bonds. The summed E-state index contributed by atoms with van der Waals surface area (Å²) in [6, 6.07) is 5.50. The van der Waals surface area contributed by atoms with Crippen LogP contribution >= 0.6 is 0 Å². The topological polar surface area (TPSA) is 69.6 Å². The third-order valence-electron chi connectivity index (χ3n) is 3.90. The van der Waals surface area contributed by atoms with Crippen molar-refractivity contribution >= 4 is 11.9 Å². The molecule has 1 aromatic carbocycles. The van der Waals surface area contributed by atoms with E-state index in [2.05, 4.69) is 25.2 Å². The lowest BCUT2D eigenvalue weighted by Gasteiger charge is -2.34. The van der Waals surface area contributed by atoms with Gasteiger partial charge in [-0.3, -0.25) is 14.5 Å². The number of carboxylic acids is 1. The third-order valence-corrected chi connectivity index (χ3v) is 3.90. The number of carboxylic acid groups (broad SMARTS) is 1. The number of benzene rings is 1. The highest BCUT2D eigenvalue weighted by atomic mass is 16.4. The molecule has 1 aliphatic rings. The summed E-state index contributed by atoms with van der Waals surface area (Å²) in [6.45, 7) is 5.97. The normalized spacial score (nSPS) is 19.7. The van der Waals surface area contributed by atoms with Crippen LogP contribution in [0.3, 0.4) is 0 Å². The Balaban J connectivity index is 2.18. The van der Waals surface area contributed by atoms with Crippen LogP contribution in [0.25, 0.3) is 0 Å². The summed E-state index contributed by atoms with van der Waals surface area (Å²) in [5.41, 5.74) is 3.56. The van der Waals surface area contributed by atoms with Crippen molar-refractivity contribution in [3.8, 4) is 0 Å². The zero-order valence-corrected chi connectivity index (χ0v) is 11.8. The van der Waals surface area contributed by atoms with Crippen LogP contribution in [0.5, 0.6) is 0 Å². The number of nitrogens with zero attached hydrogens (tertiary/aromatic N) is 1. The summed E-state index contributed by atoms with van der Waals surface area (Å²) in [7, 11) is 0. The minimum atomic E-state index is -0.946. The van der Waals surface area contributed by atoms with Gasteiger partial charge in [0.2, 0.25) is 5.91 Å². The molecule has 0 aromatic heterocycles. The summed E-state index contributed by atoms with van der Waals surface area (Å²) < 4.78 is 0. The van der Waals surface area contributed by atoms with E-state index in [1.54, 1.807) is 0 Å². The Morgan fingerprint density at radius 1 is 1.45 bits per heavy atom. The first kappa shape index (κ1) is 14.5. The van der Waals surface area contributed by atoms with Crippen molar-refractivity contribution < 1.29 is 14.7 Å². The number of aliphatic carboxylic acids is 1. The number of aryl methyl sites for hydroxylation is 1. The average Bonchev–Trinajstić information content (AvgIpc) is 2.38. The van der Waals surface area contributed by atoms with E-state index in [-0.39, 0.29) is 12.3 Å². The van der Waals surface area contributed by atoms with Gasteiger partial charge in [-0.1, -0.05) is 18.2 Å². The van der Waals surface area contributed by atoms with Crippen LogP contribution in [0.2, 0.25) is 0 Å². The lowest BCUT2D eigenvalue weighted by molar-refractivity contribution is -0.143. The average molecular weight is 276 g/mol. The number of carbonyl (C=O) groups excluding carboxylic acids is 1. The van der Waals surface area contributed by atoms with E-state index in [1.807, 2.05) is 17.0 Å². The Hall–Kier alpha value is -1.88. The molecule has 108 valence electrons. The molecule has 0 radical (unpaired) electrons. The molecule has 2 N–H and O–H groups in total. The van der Waals surface area contributed by atoms with Crippen LogP contribution in [0.15, 0.2) is 18.2 Å². The zero-order valence-electron chi connectivity index (χ0n) is 11.8. The van der Waals surface area contributed by atoms with Crippen molar-refractivity contribution in [2.24, 2.45) is 0 Å². The van der Waals surface area contributed by atoms with Crippen molar-refractivity contribution in [2.75, 3.05) is 13.1 Å². The van der Waals surface area contributed by atoms with Crippen molar-refractivity contribution in [1.29, 1.82) is 0 Å². The number of rotatable bonds is 4. The van der Waals surface area contributed by atoms with Gasteiger partial charge in [0.15, 0.2) is 0 Å². The fraction of sp³-hybridized carbons (Fsp3) is 0.467. The van der Waals surface area contributed by atoms with E-state index < -0.39 is 12.0 Å². The van der Waals surface area contributed by atoms with E-state index in [1.165, 1.54) is 11.1 Å². The molecule has 1 saturated heterocycles. The van der Waals surface area contributed by atoms with Gasteiger partial charge in [-0.25, -0.2) is 0 Å². The van der Waals surface area contributed by atoms with Gasteiger partial charge in [-0.15, -0.1) is 0 Å². The molecule has 1 fully saturated rings. The highest BCUT2D eigenvalue weighted by Gasteiger charge is 2.31. The second kappa shape index (κ2) is 6.05. The van der Waals surface area contributed by atoms with Gasteiger partial charge in [0, 0.05) is 19.6 Å². The minimum Gasteiger partial charge on any atom is -0.481 e. The summed E-state index contributed by atoms with van der Waals surface area (Å²) in [5, 5.41) is 11.7. The van der Waals surface area contributed by atoms with E-state index >= 15 is 0 Å². The van der Waals surface area contributed by atoms with Gasteiger partial charge in [-0.05, 0) is 30.5 Å². The number of amides is 1. The van der Waals surface area contributed by atoms with Gasteiger partial charge >= 0.3 is 5.97 Å². The molecule has 1 aliphatic heterocycles. The molecule has 0 bridgehead atoms. The second-order valence-corrected chi connectivity index (χ2v) is 5.23. The molecule has 0 saturated carbocycles. The molecule has 1 unspecified atom stereocenters. The van der Waals surface area contributed by atoms with Gasteiger partial charge in [0.05, 0.1) is 6.42 Å². The van der Waals surface area contributed by atoms with Crippen molar-refractivity contribution in [3.63, 3.8) is 0 Å². The fourth-order valence-corrected chi connectivity index (χ4v) is 2.54. The highest BCUT2D eigenvalue weighted by Crippen LogP contribution is 2.18. The molecule has 1 heterocycles.